The number of aromatic nitrogens is 4. The minimum atomic E-state index is -3.36. The first-order valence-electron chi connectivity index (χ1n) is 11.0. The van der Waals surface area contributed by atoms with Crippen LogP contribution in [0.15, 0.2) is 40.6 Å². The van der Waals surface area contributed by atoms with Crippen molar-refractivity contribution in [3.63, 3.8) is 0 Å². The number of rotatable bonds is 7. The number of nitrogens with zero attached hydrogens (tertiary/aromatic N) is 4. The molecule has 2 N–H and O–H groups in total. The number of imidazole rings is 1. The van der Waals surface area contributed by atoms with Crippen LogP contribution in [-0.2, 0) is 32.6 Å². The lowest BCUT2D eigenvalue weighted by atomic mass is 10.3. The van der Waals surface area contributed by atoms with Gasteiger partial charge in [0.05, 0.1) is 6.10 Å². The number of carbonyl (C=O) groups excluding carboxylic acids is 1. The van der Waals surface area contributed by atoms with E-state index in [0.29, 0.717) is 21.3 Å². The van der Waals surface area contributed by atoms with Crippen molar-refractivity contribution in [2.45, 2.75) is 42.3 Å². The number of nitrogen functional groups attached to an aromatic ring is 1. The van der Waals surface area contributed by atoms with Crippen molar-refractivity contribution in [3.05, 3.63) is 35.6 Å². The minimum Gasteiger partial charge on any atom is -0.434 e. The van der Waals surface area contributed by atoms with Crippen LogP contribution in [0, 0.1) is 0 Å². The second-order valence-corrected chi connectivity index (χ2v) is 11.2. The fourth-order valence-corrected chi connectivity index (χ4v) is 5.59. The van der Waals surface area contributed by atoms with E-state index in [1.54, 1.807) is 23.6 Å². The van der Waals surface area contributed by atoms with E-state index in [-0.39, 0.29) is 19.0 Å². The minimum absolute atomic E-state index is 0.0285. The molecule has 1 fully saturated rings. The van der Waals surface area contributed by atoms with Crippen LogP contribution < -0.4 is 5.73 Å². The maximum absolute atomic E-state index is 11.1. The third-order valence-electron chi connectivity index (χ3n) is 5.15. The van der Waals surface area contributed by atoms with Crippen LogP contribution in [0.1, 0.15) is 20.1 Å². The molecule has 37 heavy (non-hydrogen) atoms. The number of hydrogen-bond donors (Lipinski definition) is 1. The quantitative estimate of drug-likeness (QED) is 0.193. The van der Waals surface area contributed by atoms with Crippen LogP contribution in [-0.4, -0.2) is 72.4 Å². The van der Waals surface area contributed by atoms with Gasteiger partial charge in [-0.3, -0.25) is 9.36 Å². The normalized spacial score (nSPS) is 24.8. The largest absolute Gasteiger partial charge is 0.488 e. The van der Waals surface area contributed by atoms with Gasteiger partial charge < -0.3 is 19.9 Å². The highest BCUT2D eigenvalue weighted by atomic mass is 35.5. The van der Waals surface area contributed by atoms with Crippen LogP contribution in [0.2, 0.25) is 5.02 Å². The van der Waals surface area contributed by atoms with Gasteiger partial charge in [0.1, 0.15) is 25.6 Å². The molecule has 1 unspecified atom stereocenters. The van der Waals surface area contributed by atoms with Crippen molar-refractivity contribution in [2.75, 3.05) is 32.9 Å². The van der Waals surface area contributed by atoms with Gasteiger partial charge in [0.25, 0.3) is 0 Å². The summed E-state index contributed by atoms with van der Waals surface area (Å²) in [5.74, 6) is -0.307. The molecule has 2 aromatic heterocycles. The molecule has 196 valence electrons. The topological polar surface area (TPSA) is 142 Å². The standard InChI is InChI=1S/C21H25BClN5O7PS/c1-12-8-32-36(22,34-11-31-13(2)29)33-9-16(30-3)20(35-12)28-19-17(18(24)25-10-26-19)27-21(28)37-15-6-4-14(23)5-7-15/h4-7,10,12,16,20H,8-9,11H2,1-3H3,(H2,24,25,26)/q+1/t12-,16-,20+,36?/m0/s1. The average Bonchev–Trinajstić information content (AvgIpc) is 3.24. The van der Waals surface area contributed by atoms with Crippen LogP contribution in [0.5, 0.6) is 0 Å². The lowest BCUT2D eigenvalue weighted by molar-refractivity contribution is -0.148. The molecule has 0 bridgehead atoms. The van der Waals surface area contributed by atoms with E-state index in [0.717, 1.165) is 4.90 Å². The Morgan fingerprint density at radius 3 is 2.73 bits per heavy atom. The maximum Gasteiger partial charge on any atom is 0.488 e. The molecule has 0 aliphatic carbocycles. The summed E-state index contributed by atoms with van der Waals surface area (Å²) in [4.78, 5) is 25.2. The number of nitrogens with two attached hydrogens (primary N) is 1. The molecule has 3 heterocycles. The zero-order valence-corrected chi connectivity index (χ0v) is 22.7. The van der Waals surface area contributed by atoms with E-state index in [1.165, 1.54) is 32.1 Å². The fraction of sp³-hybridized carbons (Fsp3) is 0.429. The van der Waals surface area contributed by atoms with Crippen LogP contribution in [0.4, 0.5) is 5.82 Å². The molecular formula is C21H25BClN5O7PS+. The molecule has 1 aromatic carbocycles. The molecule has 0 spiro atoms. The van der Waals surface area contributed by atoms with Crippen molar-refractivity contribution in [2.24, 2.45) is 0 Å². The summed E-state index contributed by atoms with van der Waals surface area (Å²) in [6.07, 6.45) is -0.624. The lowest BCUT2D eigenvalue weighted by Crippen LogP contribution is -2.34. The Hall–Kier alpha value is -2.03. The van der Waals surface area contributed by atoms with E-state index >= 15 is 0 Å². The molecule has 2 radical (unpaired) electrons. The number of ether oxygens (including phenoxy) is 3. The van der Waals surface area contributed by atoms with Gasteiger partial charge in [-0.25, -0.2) is 15.0 Å². The van der Waals surface area contributed by atoms with E-state index in [4.69, 9.17) is 57.7 Å². The molecular weight excluding hydrogens is 544 g/mol. The third kappa shape index (κ3) is 6.90. The summed E-state index contributed by atoms with van der Waals surface area (Å²) >= 11 is 7.42. The Bertz CT molecular complexity index is 1240. The van der Waals surface area contributed by atoms with Gasteiger partial charge in [0.2, 0.25) is 6.79 Å². The van der Waals surface area contributed by atoms with Gasteiger partial charge in [-0.2, -0.15) is 13.6 Å². The SMILES string of the molecule is [B][P+]1(OCOC(C)=O)OC[C@H](OC)[C@H](n2c(Sc3ccc(Cl)cc3)nc3c(N)ncnc32)O[C@@H](C)CO1. The van der Waals surface area contributed by atoms with E-state index in [2.05, 4.69) is 9.97 Å². The fourth-order valence-electron chi connectivity index (χ4n) is 3.36. The second kappa shape index (κ2) is 12.2. The summed E-state index contributed by atoms with van der Waals surface area (Å²) in [5.41, 5.74) is 6.98. The molecule has 12 nitrogen and oxygen atoms in total. The maximum atomic E-state index is 11.1. The van der Waals surface area contributed by atoms with Crippen molar-refractivity contribution in [1.29, 1.82) is 0 Å². The highest BCUT2D eigenvalue weighted by Gasteiger charge is 2.44. The van der Waals surface area contributed by atoms with Crippen molar-refractivity contribution in [1.82, 2.24) is 19.5 Å². The van der Waals surface area contributed by atoms with Crippen LogP contribution in [0.3, 0.4) is 0 Å². The van der Waals surface area contributed by atoms with Gasteiger partial charge in [-0.05, 0) is 31.2 Å². The molecule has 1 aliphatic rings. The Morgan fingerprint density at radius 1 is 1.30 bits per heavy atom. The number of fused-ring (bicyclic) bond motifs is 1. The predicted octanol–water partition coefficient (Wildman–Crippen LogP) is 3.56. The molecule has 4 atom stereocenters. The van der Waals surface area contributed by atoms with Crippen LogP contribution >= 0.6 is 31.2 Å². The monoisotopic (exact) mass is 568 g/mol. The number of hydrogen-bond acceptors (Lipinski definition) is 12. The van der Waals surface area contributed by atoms with Gasteiger partial charge >= 0.3 is 21.4 Å². The van der Waals surface area contributed by atoms with E-state index < -0.39 is 39.0 Å². The zero-order valence-electron chi connectivity index (χ0n) is 20.3. The molecule has 1 aliphatic heterocycles. The first-order valence-corrected chi connectivity index (χ1v) is 13.8. The molecule has 0 amide bonds. The number of carbonyl (C=O) groups is 1. The molecule has 3 aromatic rings. The summed E-state index contributed by atoms with van der Waals surface area (Å²) in [7, 11) is 4.40. The molecule has 4 rings (SSSR count). The smallest absolute Gasteiger partial charge is 0.434 e. The highest BCUT2D eigenvalue weighted by molar-refractivity contribution is 7.99. The number of benzene rings is 1. The van der Waals surface area contributed by atoms with Gasteiger partial charge in [-0.15, -0.1) is 0 Å². The average molecular weight is 569 g/mol. The second-order valence-electron chi connectivity index (χ2n) is 7.88. The van der Waals surface area contributed by atoms with Crippen molar-refractivity contribution >= 4 is 61.7 Å². The zero-order chi connectivity index (χ0) is 26.6. The van der Waals surface area contributed by atoms with E-state index in [1.807, 2.05) is 12.1 Å². The van der Waals surface area contributed by atoms with Gasteiger partial charge in [0.15, 0.2) is 28.4 Å². The van der Waals surface area contributed by atoms with Gasteiger partial charge in [-0.1, -0.05) is 23.4 Å². The first kappa shape index (κ1) is 28.0. The summed E-state index contributed by atoms with van der Waals surface area (Å²) < 4.78 is 35.8. The Morgan fingerprint density at radius 2 is 2.03 bits per heavy atom. The Labute approximate surface area is 224 Å². The summed E-state index contributed by atoms with van der Waals surface area (Å²) in [6, 6.07) is 7.31. The molecule has 16 heteroatoms. The molecule has 0 saturated carbocycles. The number of esters is 1. The number of halogens is 1. The first-order chi connectivity index (χ1) is 17.7. The number of anilines is 1. The number of methoxy groups -OCH3 is 1. The van der Waals surface area contributed by atoms with Crippen LogP contribution in [0.25, 0.3) is 11.2 Å². The lowest BCUT2D eigenvalue weighted by Gasteiger charge is -2.29. The Balaban J connectivity index is 1.70. The van der Waals surface area contributed by atoms with E-state index in [9.17, 15) is 4.79 Å². The predicted molar refractivity (Wildman–Crippen MR) is 138 cm³/mol. The highest BCUT2D eigenvalue weighted by Crippen LogP contribution is 2.58. The summed E-state index contributed by atoms with van der Waals surface area (Å²) in [6.45, 7) is 2.59. The van der Waals surface area contributed by atoms with Crippen molar-refractivity contribution in [3.8, 4) is 0 Å². The van der Waals surface area contributed by atoms with Crippen molar-refractivity contribution < 1.29 is 32.6 Å². The Kier molecular flexibility index (Phi) is 9.25. The summed E-state index contributed by atoms with van der Waals surface area (Å²) in [5, 5.41) is 1.14. The third-order valence-corrected chi connectivity index (χ3v) is 7.86. The molecule has 1 saturated heterocycles. The van der Waals surface area contributed by atoms with Gasteiger partial charge in [0, 0.05) is 24.0 Å².